The van der Waals surface area contributed by atoms with E-state index in [4.69, 9.17) is 5.73 Å². The summed E-state index contributed by atoms with van der Waals surface area (Å²) in [6, 6.07) is 2.13. The number of likely N-dealkylation sites (tertiary alicyclic amines) is 1. The van der Waals surface area contributed by atoms with Gasteiger partial charge in [-0.15, -0.1) is 0 Å². The smallest absolute Gasteiger partial charge is 0.0224 e. The number of nitrogens with zero attached hydrogens (tertiary/aromatic N) is 1. The van der Waals surface area contributed by atoms with Gasteiger partial charge in [0.25, 0.3) is 0 Å². The second kappa shape index (κ2) is 5.72. The zero-order valence-electron chi connectivity index (χ0n) is 10.00. The van der Waals surface area contributed by atoms with E-state index >= 15 is 0 Å². The molecular formula is C12H26N2. The predicted octanol–water partition coefficient (Wildman–Crippen LogP) is 2.38. The fourth-order valence-electron chi connectivity index (χ4n) is 2.91. The summed E-state index contributed by atoms with van der Waals surface area (Å²) in [6.45, 7) is 7.78. The molecule has 2 N–H and O–H groups in total. The topological polar surface area (TPSA) is 29.3 Å². The van der Waals surface area contributed by atoms with Gasteiger partial charge in [0.1, 0.15) is 0 Å². The molecule has 2 nitrogen and oxygen atoms in total. The van der Waals surface area contributed by atoms with E-state index in [1.807, 2.05) is 0 Å². The summed E-state index contributed by atoms with van der Waals surface area (Å²) in [6.07, 6.45) is 6.54. The predicted molar refractivity (Wildman–Crippen MR) is 62.4 cm³/mol. The van der Waals surface area contributed by atoms with Crippen molar-refractivity contribution >= 4 is 0 Å². The number of rotatable bonds is 4. The van der Waals surface area contributed by atoms with E-state index in [0.29, 0.717) is 6.04 Å². The van der Waals surface area contributed by atoms with E-state index in [1.165, 1.54) is 32.1 Å². The molecule has 0 radical (unpaired) electrons. The second-order valence-electron chi connectivity index (χ2n) is 4.59. The van der Waals surface area contributed by atoms with Gasteiger partial charge in [0, 0.05) is 24.7 Å². The maximum Gasteiger partial charge on any atom is 0.0224 e. The highest BCUT2D eigenvalue weighted by Crippen LogP contribution is 2.26. The molecule has 0 spiro atoms. The highest BCUT2D eigenvalue weighted by molar-refractivity contribution is 4.87. The van der Waals surface area contributed by atoms with Gasteiger partial charge in [-0.2, -0.15) is 0 Å². The third kappa shape index (κ3) is 2.48. The fourth-order valence-corrected chi connectivity index (χ4v) is 2.91. The van der Waals surface area contributed by atoms with Crippen LogP contribution in [0.25, 0.3) is 0 Å². The molecule has 1 aliphatic heterocycles. The average Bonchev–Trinajstić information content (AvgIpc) is 2.22. The summed E-state index contributed by atoms with van der Waals surface area (Å²) in [5.41, 5.74) is 5.86. The highest BCUT2D eigenvalue weighted by atomic mass is 15.2. The fraction of sp³-hybridized carbons (Fsp3) is 1.00. The average molecular weight is 198 g/mol. The molecule has 1 aliphatic rings. The van der Waals surface area contributed by atoms with Gasteiger partial charge < -0.3 is 5.73 Å². The van der Waals surface area contributed by atoms with E-state index in [1.54, 1.807) is 0 Å². The lowest BCUT2D eigenvalue weighted by atomic mass is 9.92. The Bertz CT molecular complexity index is 147. The van der Waals surface area contributed by atoms with Crippen molar-refractivity contribution in [3.05, 3.63) is 0 Å². The van der Waals surface area contributed by atoms with Crippen molar-refractivity contribution < 1.29 is 0 Å². The van der Waals surface area contributed by atoms with E-state index in [-0.39, 0.29) is 0 Å². The first-order chi connectivity index (χ1) is 6.74. The summed E-state index contributed by atoms with van der Waals surface area (Å²) < 4.78 is 0. The van der Waals surface area contributed by atoms with E-state index < -0.39 is 0 Å². The molecule has 1 saturated heterocycles. The maximum atomic E-state index is 5.86. The van der Waals surface area contributed by atoms with Crippen LogP contribution in [-0.4, -0.2) is 29.6 Å². The van der Waals surface area contributed by atoms with Crippen molar-refractivity contribution in [3.63, 3.8) is 0 Å². The quantitative estimate of drug-likeness (QED) is 0.751. The molecule has 0 aliphatic carbocycles. The van der Waals surface area contributed by atoms with Crippen LogP contribution in [0.3, 0.4) is 0 Å². The zero-order chi connectivity index (χ0) is 10.6. The summed E-state index contributed by atoms with van der Waals surface area (Å²) in [5.74, 6) is 0. The zero-order valence-corrected chi connectivity index (χ0v) is 10.00. The van der Waals surface area contributed by atoms with E-state index in [9.17, 15) is 0 Å². The first-order valence-corrected chi connectivity index (χ1v) is 6.22. The van der Waals surface area contributed by atoms with Crippen molar-refractivity contribution in [3.8, 4) is 0 Å². The minimum absolute atomic E-state index is 0.642. The molecule has 2 atom stereocenters. The van der Waals surface area contributed by atoms with Crippen molar-refractivity contribution in [2.75, 3.05) is 6.54 Å². The Morgan fingerprint density at radius 1 is 1.29 bits per heavy atom. The lowest BCUT2D eigenvalue weighted by molar-refractivity contribution is 0.0461. The summed E-state index contributed by atoms with van der Waals surface area (Å²) >= 11 is 0. The Morgan fingerprint density at radius 2 is 1.93 bits per heavy atom. The van der Waals surface area contributed by atoms with Crippen LogP contribution in [0.15, 0.2) is 0 Å². The third-order valence-electron chi connectivity index (χ3n) is 3.73. The van der Waals surface area contributed by atoms with Crippen LogP contribution < -0.4 is 5.73 Å². The monoisotopic (exact) mass is 198 g/mol. The van der Waals surface area contributed by atoms with Gasteiger partial charge in [-0.3, -0.25) is 4.90 Å². The lowest BCUT2D eigenvalue weighted by Gasteiger charge is -2.45. The van der Waals surface area contributed by atoms with Crippen LogP contribution in [0.1, 0.15) is 52.9 Å². The molecule has 0 aromatic carbocycles. The molecule has 1 heterocycles. The summed E-state index contributed by atoms with van der Waals surface area (Å²) in [4.78, 5) is 2.68. The molecule has 84 valence electrons. The first kappa shape index (κ1) is 12.0. The number of piperidine rings is 1. The Balaban J connectivity index is 2.66. The van der Waals surface area contributed by atoms with E-state index in [2.05, 4.69) is 25.7 Å². The minimum atomic E-state index is 0.642. The molecule has 0 aromatic rings. The van der Waals surface area contributed by atoms with Crippen molar-refractivity contribution in [2.45, 2.75) is 71.0 Å². The van der Waals surface area contributed by atoms with Crippen LogP contribution in [-0.2, 0) is 0 Å². The molecule has 1 fully saturated rings. The van der Waals surface area contributed by atoms with Crippen LogP contribution in [0.4, 0.5) is 0 Å². The third-order valence-corrected chi connectivity index (χ3v) is 3.73. The molecule has 0 bridgehead atoms. The van der Waals surface area contributed by atoms with Gasteiger partial charge in [0.2, 0.25) is 0 Å². The Hall–Kier alpha value is -0.0800. The maximum absolute atomic E-state index is 5.86. The minimum Gasteiger partial charge on any atom is -0.329 e. The second-order valence-corrected chi connectivity index (χ2v) is 4.59. The largest absolute Gasteiger partial charge is 0.329 e. The molecular weight excluding hydrogens is 172 g/mol. The van der Waals surface area contributed by atoms with Crippen molar-refractivity contribution in [2.24, 2.45) is 5.73 Å². The Morgan fingerprint density at radius 3 is 2.43 bits per heavy atom. The number of nitrogens with two attached hydrogens (primary N) is 1. The number of hydrogen-bond acceptors (Lipinski definition) is 2. The van der Waals surface area contributed by atoms with Crippen molar-refractivity contribution in [1.82, 2.24) is 4.90 Å². The summed E-state index contributed by atoms with van der Waals surface area (Å²) in [5, 5.41) is 0. The normalized spacial score (nSPS) is 29.8. The number of hydrogen-bond donors (Lipinski definition) is 1. The first-order valence-electron chi connectivity index (χ1n) is 6.22. The van der Waals surface area contributed by atoms with Gasteiger partial charge >= 0.3 is 0 Å². The van der Waals surface area contributed by atoms with Crippen molar-refractivity contribution in [1.29, 1.82) is 0 Å². The lowest BCUT2D eigenvalue weighted by Crippen LogP contribution is -2.53. The van der Waals surface area contributed by atoms with Gasteiger partial charge in [-0.25, -0.2) is 0 Å². The van der Waals surface area contributed by atoms with Gasteiger partial charge in [-0.1, -0.05) is 20.3 Å². The molecule has 1 rings (SSSR count). The van der Waals surface area contributed by atoms with Gasteiger partial charge in [0.05, 0.1) is 0 Å². The van der Waals surface area contributed by atoms with Gasteiger partial charge in [0.15, 0.2) is 0 Å². The van der Waals surface area contributed by atoms with Gasteiger partial charge in [-0.05, 0) is 32.6 Å². The Labute approximate surface area is 88.8 Å². The summed E-state index contributed by atoms with van der Waals surface area (Å²) in [7, 11) is 0. The van der Waals surface area contributed by atoms with Crippen LogP contribution in [0, 0.1) is 0 Å². The molecule has 2 heteroatoms. The molecule has 0 saturated carbocycles. The van der Waals surface area contributed by atoms with Crippen LogP contribution >= 0.6 is 0 Å². The standard InChI is InChI=1S/C12H26N2/c1-4-11(5-2)14-10(3)7-6-8-12(14)9-13/h10-12H,4-9,13H2,1-3H3. The molecule has 2 unspecified atom stereocenters. The van der Waals surface area contributed by atoms with Crippen LogP contribution in [0.5, 0.6) is 0 Å². The van der Waals surface area contributed by atoms with Crippen LogP contribution in [0.2, 0.25) is 0 Å². The Kier molecular flexibility index (Phi) is 4.90. The van der Waals surface area contributed by atoms with E-state index in [0.717, 1.165) is 18.6 Å². The molecule has 14 heavy (non-hydrogen) atoms. The molecule has 0 amide bonds. The SMILES string of the molecule is CCC(CC)N1C(C)CCCC1CN. The highest BCUT2D eigenvalue weighted by Gasteiger charge is 2.30. The molecule has 0 aromatic heterocycles.